The van der Waals surface area contributed by atoms with Crippen LogP contribution in [-0.2, 0) is 10.0 Å². The molecule has 1 rings (SSSR count). The zero-order chi connectivity index (χ0) is 14.7. The molecule has 19 heavy (non-hydrogen) atoms. The van der Waals surface area contributed by atoms with Gasteiger partial charge in [-0.2, -0.15) is 0 Å². The lowest BCUT2D eigenvalue weighted by Gasteiger charge is -2.30. The van der Waals surface area contributed by atoms with Crippen LogP contribution in [0.25, 0.3) is 0 Å². The Kier molecular flexibility index (Phi) is 5.68. The minimum Gasteiger partial charge on any atom is -0.208 e. The van der Waals surface area contributed by atoms with E-state index in [1.54, 1.807) is 12.1 Å². The Morgan fingerprint density at radius 1 is 1.21 bits per heavy atom. The molecule has 0 aromatic heterocycles. The summed E-state index contributed by atoms with van der Waals surface area (Å²) in [7, 11) is -3.55. The van der Waals surface area contributed by atoms with Crippen LogP contribution >= 0.6 is 23.2 Å². The standard InChI is InChI=1S/C13H19Cl2NO2S/c1-13(2,3)12(8-9-14)16-19(17,18)11-6-4-10(15)5-7-11/h4-7,12,16H,8-9H2,1-3H3. The summed E-state index contributed by atoms with van der Waals surface area (Å²) in [6.45, 7) is 5.94. The second-order valence-electron chi connectivity index (χ2n) is 5.47. The van der Waals surface area contributed by atoms with Gasteiger partial charge < -0.3 is 0 Å². The van der Waals surface area contributed by atoms with Crippen molar-refractivity contribution in [3.63, 3.8) is 0 Å². The van der Waals surface area contributed by atoms with Gasteiger partial charge in [0.2, 0.25) is 10.0 Å². The fraction of sp³-hybridized carbons (Fsp3) is 0.538. The predicted octanol–water partition coefficient (Wildman–Crippen LogP) is 3.66. The van der Waals surface area contributed by atoms with Crippen LogP contribution in [0.3, 0.4) is 0 Å². The van der Waals surface area contributed by atoms with Gasteiger partial charge in [-0.05, 0) is 36.1 Å². The van der Waals surface area contributed by atoms with Crippen LogP contribution in [0.5, 0.6) is 0 Å². The normalized spacial score (nSPS) is 14.4. The maximum absolute atomic E-state index is 12.3. The van der Waals surface area contributed by atoms with Gasteiger partial charge >= 0.3 is 0 Å². The molecule has 0 heterocycles. The van der Waals surface area contributed by atoms with E-state index in [-0.39, 0.29) is 16.4 Å². The molecule has 6 heteroatoms. The van der Waals surface area contributed by atoms with E-state index in [9.17, 15) is 8.42 Å². The van der Waals surface area contributed by atoms with Gasteiger partial charge in [-0.25, -0.2) is 13.1 Å². The second kappa shape index (κ2) is 6.44. The number of benzene rings is 1. The Morgan fingerprint density at radius 2 is 1.74 bits per heavy atom. The van der Waals surface area contributed by atoms with E-state index >= 15 is 0 Å². The summed E-state index contributed by atoms with van der Waals surface area (Å²) in [5.74, 6) is 0.408. The molecule has 0 aliphatic rings. The number of halogens is 2. The summed E-state index contributed by atoms with van der Waals surface area (Å²) < 4.78 is 27.3. The average Bonchev–Trinajstić information content (AvgIpc) is 2.27. The molecule has 0 bridgehead atoms. The maximum atomic E-state index is 12.3. The van der Waals surface area contributed by atoms with Gasteiger partial charge in [0, 0.05) is 16.9 Å². The highest BCUT2D eigenvalue weighted by Gasteiger charge is 2.29. The zero-order valence-electron chi connectivity index (χ0n) is 11.3. The summed E-state index contributed by atoms with van der Waals surface area (Å²) >= 11 is 11.5. The second-order valence-corrected chi connectivity index (χ2v) is 8.00. The van der Waals surface area contributed by atoms with E-state index in [4.69, 9.17) is 23.2 Å². The molecule has 0 spiro atoms. The fourth-order valence-corrected chi connectivity index (χ4v) is 3.47. The first-order chi connectivity index (χ1) is 8.66. The summed E-state index contributed by atoms with van der Waals surface area (Å²) in [5.41, 5.74) is -0.200. The van der Waals surface area contributed by atoms with Gasteiger partial charge in [-0.1, -0.05) is 32.4 Å². The van der Waals surface area contributed by atoms with E-state index in [2.05, 4.69) is 4.72 Å². The van der Waals surface area contributed by atoms with Crippen molar-refractivity contribution in [2.75, 3.05) is 5.88 Å². The van der Waals surface area contributed by atoms with Gasteiger partial charge in [0.05, 0.1) is 4.90 Å². The van der Waals surface area contributed by atoms with Crippen LogP contribution in [0.15, 0.2) is 29.2 Å². The molecule has 1 N–H and O–H groups in total. The summed E-state index contributed by atoms with van der Waals surface area (Å²) in [4.78, 5) is 0.209. The van der Waals surface area contributed by atoms with Crippen molar-refractivity contribution in [1.29, 1.82) is 0 Å². The van der Waals surface area contributed by atoms with E-state index < -0.39 is 10.0 Å². The molecule has 0 saturated heterocycles. The Labute approximate surface area is 125 Å². The highest BCUT2D eigenvalue weighted by Crippen LogP contribution is 2.24. The Balaban J connectivity index is 2.97. The Bertz CT molecular complexity index is 506. The molecule has 0 aliphatic carbocycles. The lowest BCUT2D eigenvalue weighted by molar-refractivity contribution is 0.292. The molecule has 3 nitrogen and oxygen atoms in total. The van der Waals surface area contributed by atoms with E-state index in [0.29, 0.717) is 17.3 Å². The van der Waals surface area contributed by atoms with Gasteiger partial charge in [-0.15, -0.1) is 11.6 Å². The molecule has 0 radical (unpaired) electrons. The molecule has 1 aromatic rings. The van der Waals surface area contributed by atoms with Gasteiger partial charge in [0.15, 0.2) is 0 Å². The van der Waals surface area contributed by atoms with Crippen LogP contribution in [0.1, 0.15) is 27.2 Å². The topological polar surface area (TPSA) is 46.2 Å². The Hall–Kier alpha value is -0.290. The largest absolute Gasteiger partial charge is 0.240 e. The third-order valence-corrected chi connectivity index (χ3v) is 4.82. The Morgan fingerprint density at radius 3 is 2.16 bits per heavy atom. The summed E-state index contributed by atoms with van der Waals surface area (Å²) in [6, 6.07) is 5.88. The molecule has 0 aliphatic heterocycles. The van der Waals surface area contributed by atoms with Crippen molar-refractivity contribution in [3.8, 4) is 0 Å². The van der Waals surface area contributed by atoms with Crippen molar-refractivity contribution in [2.45, 2.75) is 38.1 Å². The third kappa shape index (κ3) is 4.95. The zero-order valence-corrected chi connectivity index (χ0v) is 13.6. The quantitative estimate of drug-likeness (QED) is 0.840. The van der Waals surface area contributed by atoms with Crippen LogP contribution in [-0.4, -0.2) is 20.3 Å². The van der Waals surface area contributed by atoms with Crippen molar-refractivity contribution in [3.05, 3.63) is 29.3 Å². The minimum atomic E-state index is -3.55. The lowest BCUT2D eigenvalue weighted by Crippen LogP contribution is -2.43. The van der Waals surface area contributed by atoms with Crippen LogP contribution in [0.4, 0.5) is 0 Å². The summed E-state index contributed by atoms with van der Waals surface area (Å²) in [6.07, 6.45) is 0.581. The molecule has 1 atom stereocenters. The summed E-state index contributed by atoms with van der Waals surface area (Å²) in [5, 5.41) is 0.507. The predicted molar refractivity (Wildman–Crippen MR) is 80.4 cm³/mol. The number of alkyl halides is 1. The molecule has 0 amide bonds. The molecule has 0 saturated carbocycles. The lowest BCUT2D eigenvalue weighted by atomic mass is 9.86. The van der Waals surface area contributed by atoms with Gasteiger partial charge in [-0.3, -0.25) is 0 Å². The van der Waals surface area contributed by atoms with E-state index in [1.165, 1.54) is 12.1 Å². The number of hydrogen-bond donors (Lipinski definition) is 1. The van der Waals surface area contributed by atoms with Gasteiger partial charge in [0.25, 0.3) is 0 Å². The average molecular weight is 324 g/mol. The molecule has 1 unspecified atom stereocenters. The first kappa shape index (κ1) is 16.8. The number of nitrogens with one attached hydrogen (secondary N) is 1. The highest BCUT2D eigenvalue weighted by molar-refractivity contribution is 7.89. The molecular weight excluding hydrogens is 305 g/mol. The van der Waals surface area contributed by atoms with Crippen molar-refractivity contribution < 1.29 is 8.42 Å². The number of rotatable bonds is 5. The molecule has 0 fully saturated rings. The monoisotopic (exact) mass is 323 g/mol. The molecule has 108 valence electrons. The first-order valence-electron chi connectivity index (χ1n) is 6.00. The van der Waals surface area contributed by atoms with E-state index in [0.717, 1.165) is 0 Å². The van der Waals surface area contributed by atoms with E-state index in [1.807, 2.05) is 20.8 Å². The van der Waals surface area contributed by atoms with Gasteiger partial charge in [0.1, 0.15) is 0 Å². The SMILES string of the molecule is CC(C)(C)C(CCCl)NS(=O)(=O)c1ccc(Cl)cc1. The molecular formula is C13H19Cl2NO2S. The smallest absolute Gasteiger partial charge is 0.208 e. The van der Waals surface area contributed by atoms with Crippen LogP contribution < -0.4 is 4.72 Å². The molecule has 1 aromatic carbocycles. The highest BCUT2D eigenvalue weighted by atomic mass is 35.5. The maximum Gasteiger partial charge on any atom is 0.240 e. The third-order valence-electron chi connectivity index (χ3n) is 2.86. The van der Waals surface area contributed by atoms with Crippen molar-refractivity contribution >= 4 is 33.2 Å². The van der Waals surface area contributed by atoms with Crippen LogP contribution in [0.2, 0.25) is 5.02 Å². The van der Waals surface area contributed by atoms with Crippen molar-refractivity contribution in [2.24, 2.45) is 5.41 Å². The van der Waals surface area contributed by atoms with Crippen molar-refractivity contribution in [1.82, 2.24) is 4.72 Å². The van der Waals surface area contributed by atoms with Crippen LogP contribution in [0, 0.1) is 5.41 Å². The first-order valence-corrected chi connectivity index (χ1v) is 8.40. The minimum absolute atomic E-state index is 0.200. The number of hydrogen-bond acceptors (Lipinski definition) is 2. The number of sulfonamides is 1. The fourth-order valence-electron chi connectivity index (χ4n) is 1.65.